The van der Waals surface area contributed by atoms with Crippen LogP contribution in [0.25, 0.3) is 0 Å². The fourth-order valence-electron chi connectivity index (χ4n) is 1.16. The number of carboxylic acids is 1. The average Bonchev–Trinajstić information content (AvgIpc) is 2.20. The molecule has 86 valence electrons. The van der Waals surface area contributed by atoms with Crippen molar-refractivity contribution in [2.24, 2.45) is 0 Å². The Kier molecular flexibility index (Phi) is 7.32. The van der Waals surface area contributed by atoms with E-state index in [-0.39, 0.29) is 5.91 Å². The third-order valence-electron chi connectivity index (χ3n) is 2.09. The molecule has 0 heterocycles. The Hall–Kier alpha value is -1.32. The largest absolute Gasteiger partial charge is 0.478 e. The lowest BCUT2D eigenvalue weighted by atomic mass is 10.2. The summed E-state index contributed by atoms with van der Waals surface area (Å²) in [5.74, 6) is -1.35. The number of aliphatic carboxylic acids is 1. The predicted molar refractivity (Wildman–Crippen MR) is 58.6 cm³/mol. The van der Waals surface area contributed by atoms with Gasteiger partial charge in [0, 0.05) is 25.7 Å². The summed E-state index contributed by atoms with van der Waals surface area (Å²) in [4.78, 5) is 23.0. The van der Waals surface area contributed by atoms with E-state index in [1.807, 2.05) is 0 Å². The van der Waals surface area contributed by atoms with E-state index in [9.17, 15) is 9.59 Å². The molecule has 0 atom stereocenters. The van der Waals surface area contributed by atoms with Gasteiger partial charge in [-0.3, -0.25) is 4.79 Å². The van der Waals surface area contributed by atoms with Gasteiger partial charge in [0.25, 0.3) is 0 Å². The van der Waals surface area contributed by atoms with E-state index in [2.05, 4.69) is 6.92 Å². The Morgan fingerprint density at radius 1 is 1.20 bits per heavy atom. The van der Waals surface area contributed by atoms with Crippen LogP contribution in [0.1, 0.15) is 32.6 Å². The summed E-state index contributed by atoms with van der Waals surface area (Å²) >= 11 is 0. The Labute approximate surface area is 90.6 Å². The van der Waals surface area contributed by atoms with E-state index >= 15 is 0 Å². The molecular weight excluding hydrogens is 194 g/mol. The number of amides is 1. The van der Waals surface area contributed by atoms with Crippen LogP contribution >= 0.6 is 0 Å². The number of rotatable bonds is 7. The number of hydrogen-bond donors (Lipinski definition) is 1. The first-order valence-electron chi connectivity index (χ1n) is 5.24. The SMILES string of the molecule is CCCCCCN(C)C(=O)/C=C/C(=O)O. The van der Waals surface area contributed by atoms with Gasteiger partial charge in [-0.05, 0) is 6.42 Å². The molecular formula is C11H19NO3. The molecule has 15 heavy (non-hydrogen) atoms. The number of unbranched alkanes of at least 4 members (excludes halogenated alkanes) is 3. The van der Waals surface area contributed by atoms with Gasteiger partial charge in [0.2, 0.25) is 5.91 Å². The quantitative estimate of drug-likeness (QED) is 0.517. The molecule has 4 heteroatoms. The second-order valence-electron chi connectivity index (χ2n) is 3.49. The van der Waals surface area contributed by atoms with Crippen molar-refractivity contribution in [3.8, 4) is 0 Å². The van der Waals surface area contributed by atoms with Crippen molar-refractivity contribution in [3.63, 3.8) is 0 Å². The monoisotopic (exact) mass is 213 g/mol. The lowest BCUT2D eigenvalue weighted by molar-refractivity contribution is -0.132. The second-order valence-corrected chi connectivity index (χ2v) is 3.49. The summed E-state index contributed by atoms with van der Waals surface area (Å²) in [7, 11) is 1.68. The Morgan fingerprint density at radius 3 is 2.40 bits per heavy atom. The minimum Gasteiger partial charge on any atom is -0.478 e. The Bertz CT molecular complexity index is 236. The van der Waals surface area contributed by atoms with Crippen molar-refractivity contribution in [1.29, 1.82) is 0 Å². The van der Waals surface area contributed by atoms with Gasteiger partial charge in [0.15, 0.2) is 0 Å². The van der Waals surface area contributed by atoms with E-state index in [0.29, 0.717) is 6.54 Å². The van der Waals surface area contributed by atoms with Crippen LogP contribution in [0.4, 0.5) is 0 Å². The Balaban J connectivity index is 3.74. The smallest absolute Gasteiger partial charge is 0.328 e. The van der Waals surface area contributed by atoms with Crippen LogP contribution in [0.2, 0.25) is 0 Å². The van der Waals surface area contributed by atoms with Crippen molar-refractivity contribution in [3.05, 3.63) is 12.2 Å². The predicted octanol–water partition coefficient (Wildman–Crippen LogP) is 1.67. The Morgan fingerprint density at radius 2 is 1.87 bits per heavy atom. The molecule has 0 aliphatic rings. The minimum atomic E-state index is -1.09. The van der Waals surface area contributed by atoms with Gasteiger partial charge in [-0.1, -0.05) is 26.2 Å². The van der Waals surface area contributed by atoms with Crippen molar-refractivity contribution in [2.75, 3.05) is 13.6 Å². The normalized spacial score (nSPS) is 10.5. The molecule has 0 aliphatic carbocycles. The first-order valence-corrected chi connectivity index (χ1v) is 5.24. The summed E-state index contributed by atoms with van der Waals surface area (Å²) in [5, 5.41) is 8.33. The van der Waals surface area contributed by atoms with Crippen LogP contribution in [-0.2, 0) is 9.59 Å². The third kappa shape index (κ3) is 7.73. The van der Waals surface area contributed by atoms with Gasteiger partial charge in [0.05, 0.1) is 0 Å². The maximum atomic E-state index is 11.3. The fraction of sp³-hybridized carbons (Fsp3) is 0.636. The molecule has 0 saturated carbocycles. The molecule has 0 aromatic carbocycles. The molecule has 0 fully saturated rings. The van der Waals surface area contributed by atoms with E-state index in [1.165, 1.54) is 11.3 Å². The van der Waals surface area contributed by atoms with Crippen molar-refractivity contribution in [2.45, 2.75) is 32.6 Å². The van der Waals surface area contributed by atoms with Crippen molar-refractivity contribution in [1.82, 2.24) is 4.90 Å². The maximum Gasteiger partial charge on any atom is 0.328 e. The summed E-state index contributed by atoms with van der Waals surface area (Å²) in [6.07, 6.45) is 6.37. The van der Waals surface area contributed by atoms with Gasteiger partial charge in [-0.15, -0.1) is 0 Å². The molecule has 0 saturated heterocycles. The molecule has 0 aliphatic heterocycles. The van der Waals surface area contributed by atoms with Gasteiger partial charge < -0.3 is 10.0 Å². The summed E-state index contributed by atoms with van der Waals surface area (Å²) in [5.41, 5.74) is 0. The number of carbonyl (C=O) groups excluding carboxylic acids is 1. The van der Waals surface area contributed by atoms with Crippen LogP contribution in [-0.4, -0.2) is 35.5 Å². The number of likely N-dealkylation sites (N-methyl/N-ethyl adjacent to an activating group) is 1. The highest BCUT2D eigenvalue weighted by Crippen LogP contribution is 2.00. The van der Waals surface area contributed by atoms with Crippen LogP contribution in [0.3, 0.4) is 0 Å². The zero-order valence-corrected chi connectivity index (χ0v) is 9.40. The lowest BCUT2D eigenvalue weighted by Gasteiger charge is -2.14. The van der Waals surface area contributed by atoms with Crippen LogP contribution in [0, 0.1) is 0 Å². The average molecular weight is 213 g/mol. The summed E-state index contributed by atoms with van der Waals surface area (Å²) in [6.45, 7) is 2.81. The first kappa shape index (κ1) is 13.7. The van der Waals surface area contributed by atoms with E-state index < -0.39 is 5.97 Å². The van der Waals surface area contributed by atoms with Crippen molar-refractivity contribution >= 4 is 11.9 Å². The lowest BCUT2D eigenvalue weighted by Crippen LogP contribution is -2.26. The van der Waals surface area contributed by atoms with Crippen LogP contribution in [0.5, 0.6) is 0 Å². The molecule has 0 rings (SSSR count). The maximum absolute atomic E-state index is 11.3. The molecule has 0 unspecified atom stereocenters. The number of nitrogens with zero attached hydrogens (tertiary/aromatic N) is 1. The van der Waals surface area contributed by atoms with E-state index in [0.717, 1.165) is 31.4 Å². The first-order chi connectivity index (χ1) is 7.07. The highest BCUT2D eigenvalue weighted by atomic mass is 16.4. The second kappa shape index (κ2) is 8.03. The van der Waals surface area contributed by atoms with Crippen LogP contribution < -0.4 is 0 Å². The molecule has 0 radical (unpaired) electrons. The zero-order chi connectivity index (χ0) is 11.7. The van der Waals surface area contributed by atoms with E-state index in [1.54, 1.807) is 7.05 Å². The third-order valence-corrected chi connectivity index (χ3v) is 2.09. The number of carboxylic acid groups (broad SMARTS) is 1. The summed E-state index contributed by atoms with van der Waals surface area (Å²) < 4.78 is 0. The molecule has 1 amide bonds. The van der Waals surface area contributed by atoms with E-state index in [4.69, 9.17) is 5.11 Å². The number of carbonyl (C=O) groups is 2. The molecule has 0 aromatic heterocycles. The van der Waals surface area contributed by atoms with Gasteiger partial charge in [-0.25, -0.2) is 4.79 Å². The van der Waals surface area contributed by atoms with Gasteiger partial charge >= 0.3 is 5.97 Å². The molecule has 0 bridgehead atoms. The molecule has 1 N–H and O–H groups in total. The molecule has 0 aromatic rings. The fourth-order valence-corrected chi connectivity index (χ4v) is 1.16. The summed E-state index contributed by atoms with van der Waals surface area (Å²) in [6, 6.07) is 0. The topological polar surface area (TPSA) is 57.6 Å². The minimum absolute atomic E-state index is 0.256. The zero-order valence-electron chi connectivity index (χ0n) is 9.40. The number of hydrogen-bond acceptors (Lipinski definition) is 2. The van der Waals surface area contributed by atoms with Gasteiger partial charge in [0.1, 0.15) is 0 Å². The van der Waals surface area contributed by atoms with Crippen LogP contribution in [0.15, 0.2) is 12.2 Å². The highest BCUT2D eigenvalue weighted by molar-refractivity contribution is 5.93. The standard InChI is InChI=1S/C11H19NO3/c1-3-4-5-6-9-12(2)10(13)7-8-11(14)15/h7-8H,3-6,9H2,1-2H3,(H,14,15)/b8-7+. The molecule has 0 spiro atoms. The molecule has 4 nitrogen and oxygen atoms in total. The van der Waals surface area contributed by atoms with Gasteiger partial charge in [-0.2, -0.15) is 0 Å². The highest BCUT2D eigenvalue weighted by Gasteiger charge is 2.04. The van der Waals surface area contributed by atoms with Crippen molar-refractivity contribution < 1.29 is 14.7 Å².